The second-order valence-electron chi connectivity index (χ2n) is 4.52. The summed E-state index contributed by atoms with van der Waals surface area (Å²) in [6.45, 7) is 4.35. The van der Waals surface area contributed by atoms with E-state index in [2.05, 4.69) is 19.2 Å². The lowest BCUT2D eigenvalue weighted by Gasteiger charge is -2.08. The predicted molar refractivity (Wildman–Crippen MR) is 81.3 cm³/mol. The van der Waals surface area contributed by atoms with Gasteiger partial charge in [0.25, 0.3) is 0 Å². The van der Waals surface area contributed by atoms with Gasteiger partial charge in [-0.2, -0.15) is 11.8 Å². The molecule has 0 radical (unpaired) electrons. The Balaban J connectivity index is 2.35. The van der Waals surface area contributed by atoms with Gasteiger partial charge in [0.2, 0.25) is 5.91 Å². The number of nitrogen functional groups attached to an aromatic ring is 1. The van der Waals surface area contributed by atoms with Gasteiger partial charge in [0, 0.05) is 5.69 Å². The van der Waals surface area contributed by atoms with Crippen molar-refractivity contribution in [1.82, 2.24) is 0 Å². The number of nitrogens with two attached hydrogens (primary N) is 1. The molecule has 0 aliphatic heterocycles. The fourth-order valence-electron chi connectivity index (χ4n) is 1.30. The average Bonchev–Trinajstić information content (AvgIpc) is 2.28. The number of halogens is 1. The Kier molecular flexibility index (Phi) is 6.36. The number of amides is 1. The number of anilines is 2. The SMILES string of the molecule is CC(C)CCSCC(=O)Nc1ccc(N)cc1Cl. The topological polar surface area (TPSA) is 55.1 Å². The quantitative estimate of drug-likeness (QED) is 0.620. The Bertz CT molecular complexity index is 410. The van der Waals surface area contributed by atoms with Crippen molar-refractivity contribution in [3.05, 3.63) is 23.2 Å². The van der Waals surface area contributed by atoms with Crippen LogP contribution in [0.1, 0.15) is 20.3 Å². The van der Waals surface area contributed by atoms with E-state index in [1.807, 2.05) is 0 Å². The van der Waals surface area contributed by atoms with Crippen molar-refractivity contribution in [1.29, 1.82) is 0 Å². The molecule has 1 aromatic rings. The van der Waals surface area contributed by atoms with Crippen LogP contribution in [-0.4, -0.2) is 17.4 Å². The summed E-state index contributed by atoms with van der Waals surface area (Å²) < 4.78 is 0. The van der Waals surface area contributed by atoms with E-state index in [1.54, 1.807) is 30.0 Å². The van der Waals surface area contributed by atoms with Crippen LogP contribution in [0.25, 0.3) is 0 Å². The summed E-state index contributed by atoms with van der Waals surface area (Å²) in [5, 5.41) is 3.25. The van der Waals surface area contributed by atoms with Gasteiger partial charge in [0.15, 0.2) is 0 Å². The van der Waals surface area contributed by atoms with Crippen LogP contribution in [0, 0.1) is 5.92 Å². The van der Waals surface area contributed by atoms with Gasteiger partial charge in [-0.05, 0) is 36.3 Å². The molecule has 0 unspecified atom stereocenters. The summed E-state index contributed by atoms with van der Waals surface area (Å²) in [5.41, 5.74) is 6.78. The molecule has 0 bridgehead atoms. The van der Waals surface area contributed by atoms with E-state index in [0.29, 0.717) is 28.1 Å². The molecule has 0 saturated heterocycles. The molecule has 0 aromatic heterocycles. The van der Waals surface area contributed by atoms with Crippen LogP contribution >= 0.6 is 23.4 Å². The first-order valence-electron chi connectivity index (χ1n) is 5.91. The van der Waals surface area contributed by atoms with Gasteiger partial charge in [0.05, 0.1) is 16.5 Å². The normalized spacial score (nSPS) is 10.7. The third-order valence-corrected chi connectivity index (χ3v) is 3.64. The third kappa shape index (κ3) is 5.65. The maximum absolute atomic E-state index is 11.7. The molecule has 1 rings (SSSR count). The summed E-state index contributed by atoms with van der Waals surface area (Å²) in [6.07, 6.45) is 1.13. The number of carbonyl (C=O) groups excluding carboxylic acids is 1. The van der Waals surface area contributed by atoms with Crippen LogP contribution in [0.3, 0.4) is 0 Å². The van der Waals surface area contributed by atoms with E-state index in [1.165, 1.54) is 0 Å². The molecular weight excluding hydrogens is 268 g/mol. The average molecular weight is 287 g/mol. The van der Waals surface area contributed by atoms with Crippen molar-refractivity contribution in [3.63, 3.8) is 0 Å². The van der Waals surface area contributed by atoms with Gasteiger partial charge in [0.1, 0.15) is 0 Å². The van der Waals surface area contributed by atoms with E-state index in [0.717, 1.165) is 12.2 Å². The van der Waals surface area contributed by atoms with Gasteiger partial charge >= 0.3 is 0 Å². The van der Waals surface area contributed by atoms with Crippen molar-refractivity contribution >= 4 is 40.6 Å². The highest BCUT2D eigenvalue weighted by Crippen LogP contribution is 2.24. The summed E-state index contributed by atoms with van der Waals surface area (Å²) in [6, 6.07) is 5.06. The monoisotopic (exact) mass is 286 g/mol. The smallest absolute Gasteiger partial charge is 0.234 e. The molecule has 18 heavy (non-hydrogen) atoms. The standard InChI is InChI=1S/C13H19ClN2OS/c1-9(2)5-6-18-8-13(17)16-12-4-3-10(15)7-11(12)14/h3-4,7,9H,5-6,8,15H2,1-2H3,(H,16,17). The molecule has 3 nitrogen and oxygen atoms in total. The van der Waals surface area contributed by atoms with Gasteiger partial charge in [-0.1, -0.05) is 25.4 Å². The Morgan fingerprint density at radius 2 is 2.22 bits per heavy atom. The van der Waals surface area contributed by atoms with Crippen molar-refractivity contribution < 1.29 is 4.79 Å². The van der Waals surface area contributed by atoms with Gasteiger partial charge < -0.3 is 11.1 Å². The number of hydrogen-bond donors (Lipinski definition) is 2. The lowest BCUT2D eigenvalue weighted by Crippen LogP contribution is -2.14. The lowest BCUT2D eigenvalue weighted by atomic mass is 10.2. The highest BCUT2D eigenvalue weighted by Gasteiger charge is 2.06. The number of nitrogens with one attached hydrogen (secondary N) is 1. The summed E-state index contributed by atoms with van der Waals surface area (Å²) in [4.78, 5) is 11.7. The number of benzene rings is 1. The van der Waals surface area contributed by atoms with Crippen molar-refractivity contribution in [2.75, 3.05) is 22.6 Å². The molecule has 100 valence electrons. The van der Waals surface area contributed by atoms with E-state index < -0.39 is 0 Å². The predicted octanol–water partition coefficient (Wildman–Crippen LogP) is 3.64. The van der Waals surface area contributed by atoms with Crippen LogP contribution in [0.4, 0.5) is 11.4 Å². The molecule has 0 aliphatic carbocycles. The second-order valence-corrected chi connectivity index (χ2v) is 6.03. The second kappa shape index (κ2) is 7.54. The highest BCUT2D eigenvalue weighted by molar-refractivity contribution is 7.99. The maximum Gasteiger partial charge on any atom is 0.234 e. The first kappa shape index (κ1) is 15.2. The molecule has 1 amide bonds. The molecule has 0 fully saturated rings. The molecule has 3 N–H and O–H groups in total. The molecule has 0 aliphatic rings. The van der Waals surface area contributed by atoms with Crippen molar-refractivity contribution in [3.8, 4) is 0 Å². The minimum Gasteiger partial charge on any atom is -0.399 e. The van der Waals surface area contributed by atoms with Crippen molar-refractivity contribution in [2.24, 2.45) is 5.92 Å². The molecule has 0 heterocycles. The Morgan fingerprint density at radius 1 is 1.50 bits per heavy atom. The molecule has 0 atom stereocenters. The van der Waals surface area contributed by atoms with Crippen molar-refractivity contribution in [2.45, 2.75) is 20.3 Å². The third-order valence-electron chi connectivity index (χ3n) is 2.34. The van der Waals surface area contributed by atoms with Crippen LogP contribution in [0.5, 0.6) is 0 Å². The van der Waals surface area contributed by atoms with Gasteiger partial charge in [-0.3, -0.25) is 4.79 Å². The summed E-state index contributed by atoms with van der Waals surface area (Å²) in [7, 11) is 0. The maximum atomic E-state index is 11.7. The largest absolute Gasteiger partial charge is 0.399 e. The summed E-state index contributed by atoms with van der Waals surface area (Å²) in [5.74, 6) is 2.09. The Hall–Kier alpha value is -0.870. The molecular formula is C13H19ClN2OS. The van der Waals surface area contributed by atoms with Crippen LogP contribution in [0.15, 0.2) is 18.2 Å². The molecule has 0 saturated carbocycles. The zero-order chi connectivity index (χ0) is 13.5. The molecule has 5 heteroatoms. The summed E-state index contributed by atoms with van der Waals surface area (Å²) >= 11 is 7.61. The minimum absolute atomic E-state index is 0.0320. The van der Waals surface area contributed by atoms with Gasteiger partial charge in [-0.15, -0.1) is 0 Å². The molecule has 0 spiro atoms. The fourth-order valence-corrected chi connectivity index (χ4v) is 2.58. The Labute approximate surface area is 117 Å². The zero-order valence-corrected chi connectivity index (χ0v) is 12.3. The number of thioether (sulfide) groups is 1. The highest BCUT2D eigenvalue weighted by atomic mass is 35.5. The first-order chi connectivity index (χ1) is 8.49. The van der Waals surface area contributed by atoms with Crippen LogP contribution < -0.4 is 11.1 Å². The fraction of sp³-hybridized carbons (Fsp3) is 0.462. The van der Waals surface area contributed by atoms with Crippen LogP contribution in [0.2, 0.25) is 5.02 Å². The van der Waals surface area contributed by atoms with E-state index in [-0.39, 0.29) is 5.91 Å². The first-order valence-corrected chi connectivity index (χ1v) is 7.45. The van der Waals surface area contributed by atoms with E-state index in [9.17, 15) is 4.79 Å². The number of hydrogen-bond acceptors (Lipinski definition) is 3. The van der Waals surface area contributed by atoms with E-state index >= 15 is 0 Å². The Morgan fingerprint density at radius 3 is 2.83 bits per heavy atom. The number of rotatable bonds is 6. The molecule has 1 aromatic carbocycles. The lowest BCUT2D eigenvalue weighted by molar-refractivity contribution is -0.113. The van der Waals surface area contributed by atoms with Gasteiger partial charge in [-0.25, -0.2) is 0 Å². The van der Waals surface area contributed by atoms with E-state index in [4.69, 9.17) is 17.3 Å². The minimum atomic E-state index is -0.0320. The zero-order valence-electron chi connectivity index (χ0n) is 10.7. The number of carbonyl (C=O) groups is 1. The van der Waals surface area contributed by atoms with Crippen LogP contribution in [-0.2, 0) is 4.79 Å².